The molecule has 2 atom stereocenters. The number of amides is 2. The standard InChI is InChI=1S/C18H30N2O6/c21-17(19-7-1-3-9-23-11-15-13-25-15)5-6-18(22)20-8-2-4-10-24-12-16-14-26-16/h5-6,15-16H,1-4,7-14H2,(H,19,21)(H,20,22)/b6-5-. The summed E-state index contributed by atoms with van der Waals surface area (Å²) in [4.78, 5) is 23.2. The summed E-state index contributed by atoms with van der Waals surface area (Å²) in [6, 6.07) is 0. The van der Waals surface area contributed by atoms with Gasteiger partial charge in [-0.3, -0.25) is 9.59 Å². The third-order valence-electron chi connectivity index (χ3n) is 3.83. The lowest BCUT2D eigenvalue weighted by Gasteiger charge is -2.04. The van der Waals surface area contributed by atoms with E-state index >= 15 is 0 Å². The van der Waals surface area contributed by atoms with Gasteiger partial charge in [0.05, 0.1) is 26.4 Å². The monoisotopic (exact) mass is 370 g/mol. The van der Waals surface area contributed by atoms with E-state index in [1.54, 1.807) is 0 Å². The second-order valence-electron chi connectivity index (χ2n) is 6.39. The fourth-order valence-electron chi connectivity index (χ4n) is 2.11. The van der Waals surface area contributed by atoms with E-state index in [0.717, 1.165) is 38.9 Å². The number of epoxide rings is 2. The van der Waals surface area contributed by atoms with E-state index in [4.69, 9.17) is 18.9 Å². The van der Waals surface area contributed by atoms with Crippen LogP contribution >= 0.6 is 0 Å². The molecule has 8 heteroatoms. The van der Waals surface area contributed by atoms with Crippen molar-refractivity contribution in [2.75, 3.05) is 52.7 Å². The van der Waals surface area contributed by atoms with Gasteiger partial charge in [0.25, 0.3) is 0 Å². The Morgan fingerprint density at radius 1 is 0.808 bits per heavy atom. The first-order valence-electron chi connectivity index (χ1n) is 9.36. The number of hydrogen-bond acceptors (Lipinski definition) is 6. The number of ether oxygens (including phenoxy) is 4. The Labute approximate surface area is 154 Å². The Kier molecular flexibility index (Phi) is 10.3. The van der Waals surface area contributed by atoms with Crippen molar-refractivity contribution in [3.8, 4) is 0 Å². The highest BCUT2D eigenvalue weighted by Gasteiger charge is 2.22. The molecule has 26 heavy (non-hydrogen) atoms. The van der Waals surface area contributed by atoms with E-state index in [1.165, 1.54) is 12.2 Å². The van der Waals surface area contributed by atoms with Crippen LogP contribution in [0.25, 0.3) is 0 Å². The minimum Gasteiger partial charge on any atom is -0.379 e. The van der Waals surface area contributed by atoms with Crippen molar-refractivity contribution in [3.63, 3.8) is 0 Å². The molecule has 2 fully saturated rings. The van der Waals surface area contributed by atoms with Gasteiger partial charge in [-0.15, -0.1) is 0 Å². The summed E-state index contributed by atoms with van der Waals surface area (Å²) in [6.45, 7) is 5.42. The molecule has 2 aliphatic heterocycles. The van der Waals surface area contributed by atoms with Gasteiger partial charge in [0.1, 0.15) is 12.2 Å². The lowest BCUT2D eigenvalue weighted by atomic mass is 10.3. The topological polar surface area (TPSA) is 102 Å². The summed E-state index contributed by atoms with van der Waals surface area (Å²) in [7, 11) is 0. The zero-order chi connectivity index (χ0) is 18.5. The quantitative estimate of drug-likeness (QED) is 0.228. The molecule has 8 nitrogen and oxygen atoms in total. The molecule has 0 bridgehead atoms. The van der Waals surface area contributed by atoms with E-state index < -0.39 is 0 Å². The van der Waals surface area contributed by atoms with Crippen molar-refractivity contribution in [1.29, 1.82) is 0 Å². The SMILES string of the molecule is O=C(/C=C\C(=O)NCCCCOCC1CO1)NCCCCOCC1CO1. The molecule has 2 rings (SSSR count). The summed E-state index contributed by atoms with van der Waals surface area (Å²) in [5.74, 6) is -0.522. The van der Waals surface area contributed by atoms with E-state index in [1.807, 2.05) is 0 Å². The van der Waals surface area contributed by atoms with Gasteiger partial charge in [-0.25, -0.2) is 0 Å². The Balaban J connectivity index is 1.33. The van der Waals surface area contributed by atoms with Gasteiger partial charge in [-0.05, 0) is 25.7 Å². The molecule has 0 aromatic carbocycles. The molecule has 148 valence electrons. The lowest BCUT2D eigenvalue weighted by Crippen LogP contribution is -2.25. The molecule has 0 aliphatic carbocycles. The van der Waals surface area contributed by atoms with Crippen molar-refractivity contribution in [2.45, 2.75) is 37.9 Å². The number of rotatable bonds is 16. The van der Waals surface area contributed by atoms with Crippen LogP contribution in [0.1, 0.15) is 25.7 Å². The predicted octanol–water partition coefficient (Wildman–Crippen LogP) is 0.166. The van der Waals surface area contributed by atoms with Crippen LogP contribution in [0.15, 0.2) is 12.2 Å². The summed E-state index contributed by atoms with van der Waals surface area (Å²) in [5.41, 5.74) is 0. The van der Waals surface area contributed by atoms with Crippen LogP contribution in [-0.2, 0) is 28.5 Å². The first-order chi connectivity index (χ1) is 12.7. The van der Waals surface area contributed by atoms with Gasteiger partial charge in [0.2, 0.25) is 11.8 Å². The van der Waals surface area contributed by atoms with Crippen molar-refractivity contribution >= 4 is 11.8 Å². The number of unbranched alkanes of at least 4 members (excludes halogenated alkanes) is 2. The van der Waals surface area contributed by atoms with Gasteiger partial charge >= 0.3 is 0 Å². The second-order valence-corrected chi connectivity index (χ2v) is 6.39. The first kappa shape index (κ1) is 20.8. The molecule has 2 aliphatic rings. The van der Waals surface area contributed by atoms with Gasteiger partial charge in [-0.1, -0.05) is 0 Å². The summed E-state index contributed by atoms with van der Waals surface area (Å²) < 4.78 is 20.9. The molecule has 0 spiro atoms. The Bertz CT molecular complexity index is 409. The average Bonchev–Trinajstić information content (AvgIpc) is 3.53. The van der Waals surface area contributed by atoms with Crippen LogP contribution in [0.3, 0.4) is 0 Å². The molecule has 2 heterocycles. The van der Waals surface area contributed by atoms with Gasteiger partial charge in [0, 0.05) is 38.5 Å². The fourth-order valence-corrected chi connectivity index (χ4v) is 2.11. The average molecular weight is 370 g/mol. The Morgan fingerprint density at radius 3 is 1.62 bits per heavy atom. The maximum Gasteiger partial charge on any atom is 0.244 e. The normalized spacial score (nSPS) is 20.9. The molecule has 0 radical (unpaired) electrons. The van der Waals surface area contributed by atoms with Crippen LogP contribution < -0.4 is 10.6 Å². The highest BCUT2D eigenvalue weighted by Crippen LogP contribution is 2.09. The molecule has 2 N–H and O–H groups in total. The minimum absolute atomic E-state index is 0.261. The van der Waals surface area contributed by atoms with E-state index in [2.05, 4.69) is 10.6 Å². The predicted molar refractivity (Wildman–Crippen MR) is 94.7 cm³/mol. The molecular formula is C18H30N2O6. The van der Waals surface area contributed by atoms with E-state index in [0.29, 0.717) is 51.7 Å². The molecular weight excluding hydrogens is 340 g/mol. The van der Waals surface area contributed by atoms with Crippen molar-refractivity contribution in [1.82, 2.24) is 10.6 Å². The zero-order valence-corrected chi connectivity index (χ0v) is 15.2. The Morgan fingerprint density at radius 2 is 1.23 bits per heavy atom. The maximum atomic E-state index is 11.6. The smallest absolute Gasteiger partial charge is 0.244 e. The third-order valence-corrected chi connectivity index (χ3v) is 3.83. The van der Waals surface area contributed by atoms with Crippen LogP contribution in [0.4, 0.5) is 0 Å². The molecule has 0 aromatic heterocycles. The first-order valence-corrected chi connectivity index (χ1v) is 9.36. The lowest BCUT2D eigenvalue weighted by molar-refractivity contribution is -0.118. The summed E-state index contributed by atoms with van der Waals surface area (Å²) >= 11 is 0. The van der Waals surface area contributed by atoms with Crippen LogP contribution in [-0.4, -0.2) is 76.8 Å². The molecule has 2 unspecified atom stereocenters. The van der Waals surface area contributed by atoms with Gasteiger partial charge < -0.3 is 29.6 Å². The Hall–Kier alpha value is -1.48. The van der Waals surface area contributed by atoms with Crippen LogP contribution in [0, 0.1) is 0 Å². The van der Waals surface area contributed by atoms with E-state index in [-0.39, 0.29) is 11.8 Å². The largest absolute Gasteiger partial charge is 0.379 e. The summed E-state index contributed by atoms with van der Waals surface area (Å²) in [5, 5.41) is 5.48. The number of carbonyl (C=O) groups is 2. The third kappa shape index (κ3) is 12.0. The minimum atomic E-state index is -0.261. The van der Waals surface area contributed by atoms with Crippen molar-refractivity contribution < 1.29 is 28.5 Å². The summed E-state index contributed by atoms with van der Waals surface area (Å²) in [6.07, 6.45) is 6.55. The fraction of sp³-hybridized carbons (Fsp3) is 0.778. The second kappa shape index (κ2) is 12.8. The molecule has 0 saturated carbocycles. The molecule has 0 aromatic rings. The number of hydrogen-bond donors (Lipinski definition) is 2. The van der Waals surface area contributed by atoms with E-state index in [9.17, 15) is 9.59 Å². The highest BCUT2D eigenvalue weighted by atomic mass is 16.6. The highest BCUT2D eigenvalue weighted by molar-refractivity contribution is 5.96. The van der Waals surface area contributed by atoms with Crippen molar-refractivity contribution in [2.24, 2.45) is 0 Å². The van der Waals surface area contributed by atoms with Crippen LogP contribution in [0.2, 0.25) is 0 Å². The molecule has 2 amide bonds. The zero-order valence-electron chi connectivity index (χ0n) is 15.2. The number of nitrogens with one attached hydrogen (secondary N) is 2. The van der Waals surface area contributed by atoms with Crippen LogP contribution in [0.5, 0.6) is 0 Å². The molecule has 2 saturated heterocycles. The maximum absolute atomic E-state index is 11.6. The number of carbonyl (C=O) groups excluding carboxylic acids is 2. The van der Waals surface area contributed by atoms with Gasteiger partial charge in [-0.2, -0.15) is 0 Å². The van der Waals surface area contributed by atoms with Crippen molar-refractivity contribution in [3.05, 3.63) is 12.2 Å². The van der Waals surface area contributed by atoms with Gasteiger partial charge in [0.15, 0.2) is 0 Å².